The van der Waals surface area contributed by atoms with Gasteiger partial charge in [-0.05, 0) is 22.8 Å². The average molecular weight is 447 g/mol. The van der Waals surface area contributed by atoms with Crippen LogP contribution in [0.2, 0.25) is 0 Å². The molecule has 3 aromatic rings. The summed E-state index contributed by atoms with van der Waals surface area (Å²) >= 11 is 0. The van der Waals surface area contributed by atoms with Gasteiger partial charge in [0.2, 0.25) is 0 Å². The van der Waals surface area contributed by atoms with Crippen molar-refractivity contribution < 1.29 is 23.7 Å². The van der Waals surface area contributed by atoms with E-state index in [0.717, 1.165) is 16.7 Å². The first-order valence-corrected chi connectivity index (χ1v) is 11.2. The Kier molecular flexibility index (Phi) is 8.67. The molecule has 0 radical (unpaired) electrons. The van der Waals surface area contributed by atoms with E-state index in [1.54, 1.807) is 7.11 Å². The molecule has 4 rings (SSSR count). The van der Waals surface area contributed by atoms with E-state index in [0.29, 0.717) is 32.2 Å². The maximum atomic E-state index is 6.22. The van der Waals surface area contributed by atoms with Crippen LogP contribution in [0, 0.1) is 0 Å². The minimum atomic E-state index is -0.602. The quantitative estimate of drug-likeness (QED) is 0.402. The predicted octanol–water partition coefficient (Wildman–Crippen LogP) is 5.26. The lowest BCUT2D eigenvalue weighted by Crippen LogP contribution is -2.43. The first kappa shape index (κ1) is 23.2. The van der Waals surface area contributed by atoms with Crippen LogP contribution < -0.4 is 0 Å². The second-order valence-electron chi connectivity index (χ2n) is 7.84. The summed E-state index contributed by atoms with van der Waals surface area (Å²) in [5.41, 5.74) is 3.27. The highest BCUT2D eigenvalue weighted by molar-refractivity contribution is 5.17. The smallest absolute Gasteiger partial charge is 0.191 e. The van der Waals surface area contributed by atoms with Crippen LogP contribution in [-0.2, 0) is 43.5 Å². The Balaban J connectivity index is 1.44. The fourth-order valence-electron chi connectivity index (χ4n) is 3.62. The first-order chi connectivity index (χ1) is 16.3. The summed E-state index contributed by atoms with van der Waals surface area (Å²) in [4.78, 5) is 0. The lowest BCUT2D eigenvalue weighted by Gasteiger charge is -2.35. The van der Waals surface area contributed by atoms with Crippen molar-refractivity contribution in [3.63, 3.8) is 0 Å². The van der Waals surface area contributed by atoms with Gasteiger partial charge in [-0.15, -0.1) is 0 Å². The van der Waals surface area contributed by atoms with Gasteiger partial charge in [-0.25, -0.2) is 0 Å². The Morgan fingerprint density at radius 2 is 1.24 bits per heavy atom. The maximum Gasteiger partial charge on any atom is 0.191 e. The Bertz CT molecular complexity index is 975. The van der Waals surface area contributed by atoms with Crippen LogP contribution in [-0.4, -0.2) is 32.2 Å². The van der Waals surface area contributed by atoms with Crippen LogP contribution >= 0.6 is 0 Å². The van der Waals surface area contributed by atoms with Gasteiger partial charge in [0.05, 0.1) is 19.8 Å². The summed E-state index contributed by atoms with van der Waals surface area (Å²) in [7, 11) is 1.62. The van der Waals surface area contributed by atoms with Gasteiger partial charge in [-0.2, -0.15) is 0 Å². The van der Waals surface area contributed by atoms with Crippen molar-refractivity contribution in [2.45, 2.75) is 38.3 Å². The summed E-state index contributed by atoms with van der Waals surface area (Å²) < 4.78 is 30.1. The van der Waals surface area contributed by atoms with E-state index in [-0.39, 0.29) is 6.10 Å². The Hall–Kier alpha value is -2.96. The molecule has 0 aromatic heterocycles. The number of benzene rings is 3. The minimum absolute atomic E-state index is 0.305. The molecule has 1 heterocycles. The Morgan fingerprint density at radius 1 is 0.697 bits per heavy atom. The lowest BCUT2D eigenvalue weighted by molar-refractivity contribution is -0.227. The van der Waals surface area contributed by atoms with Crippen LogP contribution in [0.1, 0.15) is 16.7 Å². The third kappa shape index (κ3) is 7.01. The van der Waals surface area contributed by atoms with Crippen molar-refractivity contribution in [2.75, 3.05) is 13.7 Å². The molecular formula is C28H30O5. The molecule has 0 N–H and O–H groups in total. The van der Waals surface area contributed by atoms with Crippen molar-refractivity contribution in [3.8, 4) is 0 Å². The van der Waals surface area contributed by atoms with Crippen molar-refractivity contribution in [2.24, 2.45) is 0 Å². The largest absolute Gasteiger partial charge is 0.491 e. The molecule has 5 nitrogen and oxygen atoms in total. The van der Waals surface area contributed by atoms with Crippen molar-refractivity contribution in [3.05, 3.63) is 120 Å². The fourth-order valence-corrected chi connectivity index (χ4v) is 3.62. The van der Waals surface area contributed by atoms with Crippen molar-refractivity contribution >= 4 is 0 Å². The van der Waals surface area contributed by atoms with E-state index in [1.165, 1.54) is 0 Å². The third-order valence-corrected chi connectivity index (χ3v) is 5.33. The van der Waals surface area contributed by atoms with Crippen LogP contribution in [0.5, 0.6) is 0 Å². The summed E-state index contributed by atoms with van der Waals surface area (Å²) in [5.74, 6) is 0.696. The zero-order valence-corrected chi connectivity index (χ0v) is 18.8. The number of rotatable bonds is 11. The van der Waals surface area contributed by atoms with Crippen LogP contribution in [0.15, 0.2) is 103 Å². The minimum Gasteiger partial charge on any atom is -0.491 e. The monoisotopic (exact) mass is 446 g/mol. The highest BCUT2D eigenvalue weighted by atomic mass is 16.7. The first-order valence-electron chi connectivity index (χ1n) is 11.2. The van der Waals surface area contributed by atoms with Gasteiger partial charge in [0.1, 0.15) is 18.5 Å². The van der Waals surface area contributed by atoms with Crippen LogP contribution in [0.25, 0.3) is 0 Å². The predicted molar refractivity (Wildman–Crippen MR) is 126 cm³/mol. The fraction of sp³-hybridized carbons (Fsp3) is 0.286. The van der Waals surface area contributed by atoms with E-state index in [2.05, 4.69) is 0 Å². The average Bonchev–Trinajstić information content (AvgIpc) is 2.88. The molecule has 0 fully saturated rings. The molecule has 3 atom stereocenters. The summed E-state index contributed by atoms with van der Waals surface area (Å²) in [6.45, 7) is 1.76. The Labute approximate surface area is 195 Å². The summed E-state index contributed by atoms with van der Waals surface area (Å²) in [6.07, 6.45) is 0.555. The maximum absolute atomic E-state index is 6.22. The second kappa shape index (κ2) is 12.3. The molecule has 0 saturated carbocycles. The number of ether oxygens (including phenoxy) is 5. The van der Waals surface area contributed by atoms with E-state index in [4.69, 9.17) is 23.7 Å². The molecule has 3 aromatic carbocycles. The normalized spacial score (nSPS) is 20.3. The molecule has 172 valence electrons. The van der Waals surface area contributed by atoms with E-state index in [1.807, 2.05) is 97.1 Å². The molecule has 0 saturated heterocycles. The van der Waals surface area contributed by atoms with Gasteiger partial charge in [-0.3, -0.25) is 0 Å². The topological polar surface area (TPSA) is 46.2 Å². The van der Waals surface area contributed by atoms with Gasteiger partial charge >= 0.3 is 0 Å². The number of methoxy groups -OCH3 is 1. The second-order valence-corrected chi connectivity index (χ2v) is 7.84. The van der Waals surface area contributed by atoms with E-state index < -0.39 is 12.4 Å². The van der Waals surface area contributed by atoms with Gasteiger partial charge in [0.25, 0.3) is 0 Å². The van der Waals surface area contributed by atoms with Gasteiger partial charge in [0.15, 0.2) is 12.4 Å². The molecule has 0 bridgehead atoms. The number of hydrogen-bond donors (Lipinski definition) is 0. The third-order valence-electron chi connectivity index (χ3n) is 5.33. The van der Waals surface area contributed by atoms with Gasteiger partial charge in [0, 0.05) is 7.11 Å². The van der Waals surface area contributed by atoms with Crippen molar-refractivity contribution in [1.82, 2.24) is 0 Å². The lowest BCUT2D eigenvalue weighted by atomic mass is 10.1. The number of hydrogen-bond acceptors (Lipinski definition) is 5. The summed E-state index contributed by atoms with van der Waals surface area (Å²) in [5, 5.41) is 0. The molecule has 33 heavy (non-hydrogen) atoms. The molecule has 1 aliphatic heterocycles. The van der Waals surface area contributed by atoms with Gasteiger partial charge < -0.3 is 23.7 Å². The molecule has 0 spiro atoms. The molecule has 0 unspecified atom stereocenters. The van der Waals surface area contributed by atoms with E-state index in [9.17, 15) is 0 Å². The highest BCUT2D eigenvalue weighted by Gasteiger charge is 2.35. The molecular weight excluding hydrogens is 416 g/mol. The molecule has 0 aliphatic carbocycles. The van der Waals surface area contributed by atoms with Gasteiger partial charge in [-0.1, -0.05) is 91.0 Å². The standard InChI is InChI=1S/C28H30O5/c1-29-28-27(32-20-24-15-9-4-10-16-24)26(31-19-23-13-7-3-8-14-23)17-25(33-28)21-30-18-22-11-5-2-6-12-22/h2-17,25,27-28H,18-21H2,1H3/t25-,27-,28+/m0/s1. The zero-order valence-electron chi connectivity index (χ0n) is 18.8. The van der Waals surface area contributed by atoms with E-state index >= 15 is 0 Å². The zero-order chi connectivity index (χ0) is 22.7. The summed E-state index contributed by atoms with van der Waals surface area (Å²) in [6, 6.07) is 30.2. The Morgan fingerprint density at radius 3 is 1.82 bits per heavy atom. The molecule has 1 aliphatic rings. The SMILES string of the molecule is CO[C@@H]1O[C@H](COCc2ccccc2)C=C(OCc2ccccc2)[C@@H]1OCc1ccccc1. The van der Waals surface area contributed by atoms with Crippen molar-refractivity contribution in [1.29, 1.82) is 0 Å². The highest BCUT2D eigenvalue weighted by Crippen LogP contribution is 2.26. The van der Waals surface area contributed by atoms with Crippen LogP contribution in [0.4, 0.5) is 0 Å². The van der Waals surface area contributed by atoms with Crippen LogP contribution in [0.3, 0.4) is 0 Å². The molecule has 5 heteroatoms. The molecule has 0 amide bonds.